The Hall–Kier alpha value is 0.137. The molecule has 0 aromatic carbocycles. The zero-order valence-corrected chi connectivity index (χ0v) is 14.2. The van der Waals surface area contributed by atoms with Crippen LogP contribution in [0.25, 0.3) is 0 Å². The number of unbranched alkanes of at least 4 members (excludes halogenated alkanes) is 7. The van der Waals surface area contributed by atoms with Gasteiger partial charge in [0.1, 0.15) is 0 Å². The molecule has 0 radical (unpaired) electrons. The minimum atomic E-state index is -1.38. The summed E-state index contributed by atoms with van der Waals surface area (Å²) < 4.78 is 11.0. The highest BCUT2D eigenvalue weighted by atomic mass is 28.3. The van der Waals surface area contributed by atoms with Crippen LogP contribution in [0.4, 0.5) is 0 Å². The van der Waals surface area contributed by atoms with E-state index in [-0.39, 0.29) is 0 Å². The number of hydrogen-bond acceptors (Lipinski definition) is 2. The van der Waals surface area contributed by atoms with Gasteiger partial charge in [-0.15, -0.1) is 0 Å². The van der Waals surface area contributed by atoms with Crippen molar-refractivity contribution in [2.75, 3.05) is 14.2 Å². The van der Waals surface area contributed by atoms with Crippen molar-refractivity contribution < 1.29 is 8.85 Å². The third-order valence-electron chi connectivity index (χ3n) is 3.80. The van der Waals surface area contributed by atoms with Crippen LogP contribution in [0.15, 0.2) is 0 Å². The van der Waals surface area contributed by atoms with Crippen LogP contribution in [-0.2, 0) is 8.85 Å². The normalized spacial score (nSPS) is 13.2. The molecule has 0 saturated heterocycles. The predicted octanol–water partition coefficient (Wildman–Crippen LogP) is 4.81. The van der Waals surface area contributed by atoms with Crippen molar-refractivity contribution in [1.82, 2.24) is 0 Å². The largest absolute Gasteiger partial charge is 0.400 e. The molecule has 0 saturated carbocycles. The fraction of sp³-hybridized carbons (Fsp3) is 1.00. The first-order chi connectivity index (χ1) is 8.79. The molecule has 0 bridgehead atoms. The Labute approximate surface area is 116 Å². The number of rotatable bonds is 13. The van der Waals surface area contributed by atoms with Gasteiger partial charge in [-0.2, -0.15) is 0 Å². The van der Waals surface area contributed by atoms with Gasteiger partial charge in [0, 0.05) is 14.2 Å². The van der Waals surface area contributed by atoms with Crippen molar-refractivity contribution >= 4 is 9.28 Å². The van der Waals surface area contributed by atoms with E-state index >= 15 is 0 Å². The lowest BCUT2D eigenvalue weighted by Crippen LogP contribution is -2.25. The Kier molecular flexibility index (Phi) is 13.7. The van der Waals surface area contributed by atoms with E-state index in [4.69, 9.17) is 8.85 Å². The second-order valence-corrected chi connectivity index (χ2v) is 7.89. The third kappa shape index (κ3) is 9.12. The highest BCUT2D eigenvalue weighted by molar-refractivity contribution is 6.46. The highest BCUT2D eigenvalue weighted by Crippen LogP contribution is 2.24. The van der Waals surface area contributed by atoms with Gasteiger partial charge >= 0.3 is 9.28 Å². The van der Waals surface area contributed by atoms with Crippen molar-refractivity contribution in [3.8, 4) is 0 Å². The Morgan fingerprint density at radius 3 is 1.72 bits per heavy atom. The van der Waals surface area contributed by atoms with Crippen LogP contribution in [-0.4, -0.2) is 23.5 Å². The van der Waals surface area contributed by atoms with Crippen molar-refractivity contribution in [2.45, 2.75) is 83.6 Å². The molecule has 0 aromatic rings. The summed E-state index contributed by atoms with van der Waals surface area (Å²) >= 11 is 0. The average molecular weight is 275 g/mol. The van der Waals surface area contributed by atoms with Gasteiger partial charge in [-0.05, 0) is 12.0 Å². The van der Waals surface area contributed by atoms with E-state index in [1.54, 1.807) is 14.2 Å². The molecule has 0 aliphatic rings. The molecular weight excluding hydrogens is 240 g/mol. The fourth-order valence-corrected chi connectivity index (χ4v) is 4.41. The summed E-state index contributed by atoms with van der Waals surface area (Å²) in [5, 5.41) is 0. The smallest absolute Gasteiger partial charge is 0.324 e. The summed E-state index contributed by atoms with van der Waals surface area (Å²) in [5.41, 5.74) is 0.695. The van der Waals surface area contributed by atoms with E-state index in [0.29, 0.717) is 5.54 Å². The van der Waals surface area contributed by atoms with E-state index in [2.05, 4.69) is 13.8 Å². The van der Waals surface area contributed by atoms with Gasteiger partial charge in [-0.25, -0.2) is 0 Å². The molecule has 110 valence electrons. The first-order valence-electron chi connectivity index (χ1n) is 7.85. The topological polar surface area (TPSA) is 18.5 Å². The first-order valence-corrected chi connectivity index (χ1v) is 9.46. The van der Waals surface area contributed by atoms with Gasteiger partial charge < -0.3 is 8.85 Å². The van der Waals surface area contributed by atoms with Crippen molar-refractivity contribution in [3.63, 3.8) is 0 Å². The van der Waals surface area contributed by atoms with Crippen molar-refractivity contribution in [2.24, 2.45) is 0 Å². The van der Waals surface area contributed by atoms with Gasteiger partial charge in [-0.3, -0.25) is 0 Å². The van der Waals surface area contributed by atoms with Crippen LogP contribution in [0.1, 0.15) is 78.1 Å². The first kappa shape index (κ1) is 18.1. The fourth-order valence-electron chi connectivity index (χ4n) is 2.55. The summed E-state index contributed by atoms with van der Waals surface area (Å²) in [6.45, 7) is 4.53. The lowest BCUT2D eigenvalue weighted by atomic mass is 10.1. The summed E-state index contributed by atoms with van der Waals surface area (Å²) in [5.74, 6) is 0. The molecule has 0 heterocycles. The van der Waals surface area contributed by atoms with Crippen molar-refractivity contribution in [3.05, 3.63) is 0 Å². The van der Waals surface area contributed by atoms with E-state index in [0.717, 1.165) is 0 Å². The molecule has 0 rings (SSSR count). The standard InChI is InChI=1S/C15H34O2Si/c1-5-7-8-9-10-11-12-13-14-15(6-2)18(16-3)17-4/h15,18H,5-14H2,1-4H3. The Morgan fingerprint density at radius 1 is 0.778 bits per heavy atom. The molecule has 0 spiro atoms. The predicted molar refractivity (Wildman–Crippen MR) is 82.4 cm³/mol. The minimum absolute atomic E-state index is 0.695. The molecule has 18 heavy (non-hydrogen) atoms. The third-order valence-corrected chi connectivity index (χ3v) is 6.31. The van der Waals surface area contributed by atoms with Crippen LogP contribution in [0.5, 0.6) is 0 Å². The van der Waals surface area contributed by atoms with Gasteiger partial charge in [0.25, 0.3) is 0 Å². The summed E-state index contributed by atoms with van der Waals surface area (Å²) in [4.78, 5) is 0. The van der Waals surface area contributed by atoms with Crippen LogP contribution >= 0.6 is 0 Å². The van der Waals surface area contributed by atoms with Crippen LogP contribution in [0, 0.1) is 0 Å². The highest BCUT2D eigenvalue weighted by Gasteiger charge is 2.21. The molecule has 0 N–H and O–H groups in total. The van der Waals surface area contributed by atoms with Crippen LogP contribution in [0.3, 0.4) is 0 Å². The molecule has 0 aromatic heterocycles. The lowest BCUT2D eigenvalue weighted by molar-refractivity contribution is 0.260. The Balaban J connectivity index is 3.45. The van der Waals surface area contributed by atoms with E-state index in [1.165, 1.54) is 64.2 Å². The van der Waals surface area contributed by atoms with Gasteiger partial charge in [-0.1, -0.05) is 71.6 Å². The molecule has 3 heteroatoms. The van der Waals surface area contributed by atoms with Crippen LogP contribution in [0.2, 0.25) is 5.54 Å². The minimum Gasteiger partial charge on any atom is -0.400 e. The number of hydrogen-bond donors (Lipinski definition) is 0. The maximum Gasteiger partial charge on any atom is 0.324 e. The monoisotopic (exact) mass is 274 g/mol. The molecule has 0 aliphatic heterocycles. The zero-order chi connectivity index (χ0) is 13.6. The zero-order valence-electron chi connectivity index (χ0n) is 13.0. The van der Waals surface area contributed by atoms with Crippen LogP contribution < -0.4 is 0 Å². The Morgan fingerprint density at radius 2 is 1.28 bits per heavy atom. The molecule has 1 unspecified atom stereocenters. The summed E-state index contributed by atoms with van der Waals surface area (Å²) in [7, 11) is 2.22. The van der Waals surface area contributed by atoms with Gasteiger partial charge in [0.15, 0.2) is 0 Å². The van der Waals surface area contributed by atoms with Crippen molar-refractivity contribution in [1.29, 1.82) is 0 Å². The van der Waals surface area contributed by atoms with E-state index in [9.17, 15) is 0 Å². The quantitative estimate of drug-likeness (QED) is 0.354. The van der Waals surface area contributed by atoms with Gasteiger partial charge in [0.05, 0.1) is 0 Å². The maximum absolute atomic E-state index is 5.49. The molecule has 1 atom stereocenters. The average Bonchev–Trinajstić information content (AvgIpc) is 2.40. The molecule has 0 amide bonds. The van der Waals surface area contributed by atoms with E-state index in [1.807, 2.05) is 0 Å². The van der Waals surface area contributed by atoms with E-state index < -0.39 is 9.28 Å². The molecule has 0 fully saturated rings. The summed E-state index contributed by atoms with van der Waals surface area (Å²) in [6, 6.07) is 0. The maximum atomic E-state index is 5.49. The SMILES string of the molecule is CCCCCCCCCCC(CC)[SiH](OC)OC. The molecule has 2 nitrogen and oxygen atoms in total. The molecule has 0 aliphatic carbocycles. The Bertz CT molecular complexity index is 161. The second-order valence-electron chi connectivity index (χ2n) is 5.27. The molecular formula is C15H34O2Si. The lowest BCUT2D eigenvalue weighted by Gasteiger charge is -2.21. The summed E-state index contributed by atoms with van der Waals surface area (Å²) in [6.07, 6.45) is 13.7. The second kappa shape index (κ2) is 13.6. The van der Waals surface area contributed by atoms with Gasteiger partial charge in [0.2, 0.25) is 0 Å².